The third-order valence-electron chi connectivity index (χ3n) is 1.05. The van der Waals surface area contributed by atoms with E-state index in [0.717, 1.165) is 0 Å². The summed E-state index contributed by atoms with van der Waals surface area (Å²) in [5, 5.41) is 0. The van der Waals surface area contributed by atoms with Crippen LogP contribution in [0.15, 0.2) is 24.3 Å². The molecule has 0 unspecified atom stereocenters. The molecule has 0 spiro atoms. The van der Waals surface area contributed by atoms with E-state index in [2.05, 4.69) is 0 Å². The zero-order valence-corrected chi connectivity index (χ0v) is 14.7. The molecule has 13 heavy (non-hydrogen) atoms. The molecule has 70 valence electrons. The van der Waals surface area contributed by atoms with E-state index in [9.17, 15) is 0 Å². The van der Waals surface area contributed by atoms with E-state index in [-0.39, 0.29) is 58.2 Å². The van der Waals surface area contributed by atoms with Crippen molar-refractivity contribution in [3.05, 3.63) is 35.6 Å². The Hall–Kier alpha value is 0.825. The molecule has 0 aliphatic carbocycles. The topological polar surface area (TPSA) is 23.8 Å². The van der Waals surface area contributed by atoms with Crippen molar-refractivity contribution < 1.29 is 58.2 Å². The molecule has 0 aliphatic heterocycles. The summed E-state index contributed by atoms with van der Waals surface area (Å²) in [4.78, 5) is 0. The number of aryl methyl sites for hydroxylation is 1. The first-order valence-electron chi connectivity index (χ1n) is 4.57. The average Bonchev–Trinajstić information content (AvgIpc) is 2.17. The molecule has 0 saturated heterocycles. The van der Waals surface area contributed by atoms with Crippen LogP contribution >= 0.6 is 0 Å². The number of rotatable bonds is 0. The first-order chi connectivity index (χ1) is 5.79. The molecule has 0 heterocycles. The fourth-order valence-electron chi connectivity index (χ4n) is 0.554. The van der Waals surface area contributed by atoms with Crippen molar-refractivity contribution in [1.82, 2.24) is 0 Å². The molecule has 0 aliphatic rings. The van der Waals surface area contributed by atoms with Crippen LogP contribution in [0.25, 0.3) is 5.73 Å². The van der Waals surface area contributed by atoms with Crippen LogP contribution in [0.3, 0.4) is 0 Å². The molecule has 0 radical (unpaired) electrons. The van der Waals surface area contributed by atoms with Gasteiger partial charge in [0.05, 0.1) is 0 Å². The van der Waals surface area contributed by atoms with Gasteiger partial charge < -0.3 is 5.73 Å². The van der Waals surface area contributed by atoms with Gasteiger partial charge in [-0.25, -0.2) is 0 Å². The van der Waals surface area contributed by atoms with Gasteiger partial charge >= 0.3 is 58.2 Å². The Morgan fingerprint density at radius 1 is 0.846 bits per heavy atom. The van der Waals surface area contributed by atoms with Gasteiger partial charge in [-0.3, -0.25) is 0 Å². The zero-order chi connectivity index (χ0) is 9.98. The van der Waals surface area contributed by atoms with E-state index < -0.39 is 0 Å². The summed E-state index contributed by atoms with van der Waals surface area (Å²) in [6.07, 6.45) is 0. The van der Waals surface area contributed by atoms with E-state index in [1.807, 2.05) is 46.8 Å². The second-order valence-corrected chi connectivity index (χ2v) is 1.87. The average molecular weight is 252 g/mol. The van der Waals surface area contributed by atoms with E-state index in [1.54, 1.807) is 12.1 Å². The third-order valence-corrected chi connectivity index (χ3v) is 1.05. The van der Waals surface area contributed by atoms with Crippen LogP contribution < -0.4 is 58.2 Å². The molecule has 2 heteroatoms. The standard InChI is InChI=1S/C7H8N.2C2H6.Rb/c1-6-2-4-7(8)5-3-6;2*1-2;/h2-5,8H,1H3;2*1-2H3;/q-1;;;+1. The first kappa shape index (κ1) is 19.4. The van der Waals surface area contributed by atoms with Gasteiger partial charge in [-0.05, 0) is 6.92 Å². The van der Waals surface area contributed by atoms with Gasteiger partial charge in [0, 0.05) is 0 Å². The maximum Gasteiger partial charge on any atom is 1.00 e. The summed E-state index contributed by atoms with van der Waals surface area (Å²) in [7, 11) is 0. The van der Waals surface area contributed by atoms with Gasteiger partial charge in [-0.15, -0.1) is 5.69 Å². The SMILES string of the molecule is CC.CC.Cc1ccc([NH-])cc1.[Rb+]. The van der Waals surface area contributed by atoms with Crippen LogP contribution in [-0.2, 0) is 0 Å². The van der Waals surface area contributed by atoms with Gasteiger partial charge in [0.15, 0.2) is 0 Å². The van der Waals surface area contributed by atoms with Crippen molar-refractivity contribution in [2.75, 3.05) is 0 Å². The van der Waals surface area contributed by atoms with Gasteiger partial charge in [0.25, 0.3) is 0 Å². The third kappa shape index (κ3) is 12.8. The second-order valence-electron chi connectivity index (χ2n) is 1.87. The molecular formula is C11H20NRb. The van der Waals surface area contributed by atoms with Crippen molar-refractivity contribution in [2.24, 2.45) is 0 Å². The molecule has 0 bridgehead atoms. The van der Waals surface area contributed by atoms with Crippen molar-refractivity contribution in [2.45, 2.75) is 34.6 Å². The summed E-state index contributed by atoms with van der Waals surface area (Å²) in [5.41, 5.74) is 8.88. The van der Waals surface area contributed by atoms with Crippen LogP contribution in [0, 0.1) is 6.92 Å². The Balaban J connectivity index is -0.000000178. The molecule has 0 saturated carbocycles. The smallest absolute Gasteiger partial charge is 0.699 e. The molecule has 1 aromatic carbocycles. The van der Waals surface area contributed by atoms with Crippen LogP contribution in [0.5, 0.6) is 0 Å². The maximum absolute atomic E-state index is 7.09. The van der Waals surface area contributed by atoms with Gasteiger partial charge in [0.2, 0.25) is 0 Å². The molecule has 1 aromatic rings. The quantitative estimate of drug-likeness (QED) is 0.671. The predicted octanol–water partition coefficient (Wildman–Crippen LogP) is 1.74. The molecule has 0 amide bonds. The summed E-state index contributed by atoms with van der Waals surface area (Å²) < 4.78 is 0. The number of hydrogen-bond donors (Lipinski definition) is 0. The molecule has 0 fully saturated rings. The normalized spacial score (nSPS) is 6.54. The van der Waals surface area contributed by atoms with Crippen LogP contribution in [0.1, 0.15) is 33.3 Å². The summed E-state index contributed by atoms with van der Waals surface area (Å²) >= 11 is 0. The van der Waals surface area contributed by atoms with E-state index >= 15 is 0 Å². The molecule has 1 nitrogen and oxygen atoms in total. The van der Waals surface area contributed by atoms with Crippen LogP contribution in [0.2, 0.25) is 0 Å². The van der Waals surface area contributed by atoms with E-state index in [0.29, 0.717) is 5.69 Å². The second kappa shape index (κ2) is 15.3. The Kier molecular flexibility index (Phi) is 22.8. The van der Waals surface area contributed by atoms with Crippen molar-refractivity contribution in [3.63, 3.8) is 0 Å². The predicted molar refractivity (Wildman–Crippen MR) is 57.9 cm³/mol. The Labute approximate surface area is 132 Å². The van der Waals surface area contributed by atoms with Gasteiger partial charge in [-0.2, -0.15) is 0 Å². The first-order valence-corrected chi connectivity index (χ1v) is 4.57. The molecular weight excluding hydrogens is 232 g/mol. The molecule has 0 atom stereocenters. The Bertz CT molecular complexity index is 149. The Morgan fingerprint density at radius 2 is 1.15 bits per heavy atom. The fraction of sp³-hybridized carbons (Fsp3) is 0.455. The van der Waals surface area contributed by atoms with Crippen LogP contribution in [-0.4, -0.2) is 0 Å². The van der Waals surface area contributed by atoms with Crippen molar-refractivity contribution >= 4 is 5.69 Å². The van der Waals surface area contributed by atoms with Crippen molar-refractivity contribution in [1.29, 1.82) is 0 Å². The largest absolute Gasteiger partial charge is 1.00 e. The Morgan fingerprint density at radius 3 is 1.38 bits per heavy atom. The molecule has 1 rings (SSSR count). The van der Waals surface area contributed by atoms with Crippen molar-refractivity contribution in [3.8, 4) is 0 Å². The summed E-state index contributed by atoms with van der Waals surface area (Å²) in [6.45, 7) is 10.0. The minimum absolute atomic E-state index is 0. The zero-order valence-electron chi connectivity index (χ0n) is 9.81. The number of nitrogens with one attached hydrogen (secondary N) is 1. The van der Waals surface area contributed by atoms with Crippen LogP contribution in [0.4, 0.5) is 5.69 Å². The maximum atomic E-state index is 7.09. The minimum Gasteiger partial charge on any atom is -0.699 e. The summed E-state index contributed by atoms with van der Waals surface area (Å²) in [6, 6.07) is 7.44. The molecule has 1 N–H and O–H groups in total. The fourth-order valence-corrected chi connectivity index (χ4v) is 0.554. The summed E-state index contributed by atoms with van der Waals surface area (Å²) in [5.74, 6) is 0. The van der Waals surface area contributed by atoms with E-state index in [4.69, 9.17) is 5.73 Å². The van der Waals surface area contributed by atoms with Gasteiger partial charge in [-0.1, -0.05) is 57.5 Å². The van der Waals surface area contributed by atoms with E-state index in [1.165, 1.54) is 5.56 Å². The molecule has 0 aromatic heterocycles. The monoisotopic (exact) mass is 251 g/mol. The number of benzene rings is 1. The van der Waals surface area contributed by atoms with Gasteiger partial charge in [0.1, 0.15) is 0 Å². The number of hydrogen-bond acceptors (Lipinski definition) is 0. The minimum atomic E-state index is 0.